The number of nitrogens with zero attached hydrogens (tertiary/aromatic N) is 2. The Balaban J connectivity index is 1.85. The lowest BCUT2D eigenvalue weighted by Gasteiger charge is -2.07. The summed E-state index contributed by atoms with van der Waals surface area (Å²) in [7, 11) is 3.05. The molecule has 2 aromatic carbocycles. The minimum atomic E-state index is -0.393. The minimum absolute atomic E-state index is 0.0804. The Morgan fingerprint density at radius 2 is 1.85 bits per heavy atom. The number of thioether (sulfide) groups is 1. The van der Waals surface area contributed by atoms with Gasteiger partial charge in [-0.15, -0.1) is 0 Å². The summed E-state index contributed by atoms with van der Waals surface area (Å²) >= 11 is 1.34. The molecular formula is C20H18N2O3S. The zero-order chi connectivity index (χ0) is 18.7. The standard InChI is InChI=1S/C20H18N2O3S/c1-13-6-4-5-7-15(13)12-17-18(23)22(2)20(26-17)21-16-10-8-14(9-11-16)19(24)25-3/h4-12H,1-3H3. The molecule has 0 N–H and O–H groups in total. The van der Waals surface area contributed by atoms with Gasteiger partial charge in [-0.3, -0.25) is 9.69 Å². The Bertz CT molecular complexity index is 917. The van der Waals surface area contributed by atoms with Gasteiger partial charge in [0, 0.05) is 7.05 Å². The maximum Gasteiger partial charge on any atom is 0.337 e. The second-order valence-electron chi connectivity index (χ2n) is 5.76. The third kappa shape index (κ3) is 3.70. The molecule has 1 saturated heterocycles. The van der Waals surface area contributed by atoms with Crippen molar-refractivity contribution in [2.75, 3.05) is 14.2 Å². The molecule has 0 unspecified atom stereocenters. The van der Waals surface area contributed by atoms with Gasteiger partial charge >= 0.3 is 5.97 Å². The summed E-state index contributed by atoms with van der Waals surface area (Å²) in [5, 5.41) is 0.598. The molecule has 0 saturated carbocycles. The minimum Gasteiger partial charge on any atom is -0.465 e. The van der Waals surface area contributed by atoms with E-state index in [1.165, 1.54) is 23.8 Å². The average Bonchev–Trinajstić information content (AvgIpc) is 2.91. The number of hydrogen-bond acceptors (Lipinski definition) is 5. The number of ether oxygens (including phenoxy) is 1. The number of rotatable bonds is 3. The van der Waals surface area contributed by atoms with Gasteiger partial charge in [-0.2, -0.15) is 0 Å². The highest BCUT2D eigenvalue weighted by molar-refractivity contribution is 8.18. The van der Waals surface area contributed by atoms with Gasteiger partial charge in [0.05, 0.1) is 23.3 Å². The Morgan fingerprint density at radius 1 is 1.15 bits per heavy atom. The first-order valence-corrected chi connectivity index (χ1v) is 8.81. The van der Waals surface area contributed by atoms with Gasteiger partial charge in [0.2, 0.25) is 0 Å². The van der Waals surface area contributed by atoms with Crippen LogP contribution in [0, 0.1) is 6.92 Å². The molecule has 0 aromatic heterocycles. The molecule has 0 aliphatic carbocycles. The number of aryl methyl sites for hydroxylation is 1. The van der Waals surface area contributed by atoms with Crippen LogP contribution in [-0.2, 0) is 9.53 Å². The summed E-state index contributed by atoms with van der Waals surface area (Å²) in [4.78, 5) is 30.7. The molecule has 1 aliphatic rings. The van der Waals surface area contributed by atoms with E-state index in [-0.39, 0.29) is 5.91 Å². The summed E-state index contributed by atoms with van der Waals surface area (Å²) in [6.45, 7) is 2.01. The number of amides is 1. The summed E-state index contributed by atoms with van der Waals surface area (Å²) in [6, 6.07) is 14.7. The van der Waals surface area contributed by atoms with Crippen LogP contribution in [-0.4, -0.2) is 36.1 Å². The van der Waals surface area contributed by atoms with Gasteiger partial charge in [-0.1, -0.05) is 24.3 Å². The quantitative estimate of drug-likeness (QED) is 0.608. The number of likely N-dealkylation sites (N-methyl/N-ethyl adjacent to an activating group) is 1. The lowest BCUT2D eigenvalue weighted by Crippen LogP contribution is -2.23. The molecule has 5 nitrogen and oxygen atoms in total. The molecule has 2 aromatic rings. The lowest BCUT2D eigenvalue weighted by molar-refractivity contribution is -0.121. The highest BCUT2D eigenvalue weighted by atomic mass is 32.2. The van der Waals surface area contributed by atoms with Crippen LogP contribution in [0.25, 0.3) is 6.08 Å². The van der Waals surface area contributed by atoms with Gasteiger partial charge < -0.3 is 4.74 Å². The molecule has 3 rings (SSSR count). The molecule has 1 aliphatic heterocycles. The first kappa shape index (κ1) is 17.9. The molecule has 1 amide bonds. The maximum absolute atomic E-state index is 12.5. The van der Waals surface area contributed by atoms with E-state index in [0.29, 0.717) is 21.3 Å². The van der Waals surface area contributed by atoms with Crippen molar-refractivity contribution in [1.82, 2.24) is 4.90 Å². The zero-order valence-electron chi connectivity index (χ0n) is 14.7. The molecule has 26 heavy (non-hydrogen) atoms. The smallest absolute Gasteiger partial charge is 0.337 e. The zero-order valence-corrected chi connectivity index (χ0v) is 15.5. The Hall–Kier alpha value is -2.86. The van der Waals surface area contributed by atoms with Crippen LogP contribution in [0.3, 0.4) is 0 Å². The van der Waals surface area contributed by atoms with E-state index in [0.717, 1.165) is 11.1 Å². The monoisotopic (exact) mass is 366 g/mol. The summed E-state index contributed by atoms with van der Waals surface area (Å²) in [5.41, 5.74) is 3.25. The highest BCUT2D eigenvalue weighted by Crippen LogP contribution is 2.33. The number of aliphatic imine (C=N–C) groups is 1. The number of hydrogen-bond donors (Lipinski definition) is 0. The molecule has 1 fully saturated rings. The van der Waals surface area contributed by atoms with Gasteiger partial charge in [0.25, 0.3) is 5.91 Å². The topological polar surface area (TPSA) is 59.0 Å². The Labute approximate surface area is 156 Å². The first-order valence-electron chi connectivity index (χ1n) is 8.00. The third-order valence-electron chi connectivity index (χ3n) is 3.99. The number of amidine groups is 1. The second kappa shape index (κ2) is 7.58. The van der Waals surface area contributed by atoms with Crippen molar-refractivity contribution in [3.63, 3.8) is 0 Å². The van der Waals surface area contributed by atoms with Crippen molar-refractivity contribution in [3.8, 4) is 0 Å². The summed E-state index contributed by atoms with van der Waals surface area (Å²) in [5.74, 6) is -0.474. The molecule has 6 heteroatoms. The fourth-order valence-electron chi connectivity index (χ4n) is 2.44. The number of methoxy groups -OCH3 is 1. The molecule has 0 radical (unpaired) electrons. The molecule has 0 atom stereocenters. The van der Waals surface area contributed by atoms with Crippen LogP contribution in [0.15, 0.2) is 58.4 Å². The van der Waals surface area contributed by atoms with E-state index < -0.39 is 5.97 Å². The Morgan fingerprint density at radius 3 is 2.50 bits per heavy atom. The van der Waals surface area contributed by atoms with E-state index >= 15 is 0 Å². The van der Waals surface area contributed by atoms with E-state index in [9.17, 15) is 9.59 Å². The molecule has 0 bridgehead atoms. The van der Waals surface area contributed by atoms with Crippen LogP contribution in [0.4, 0.5) is 5.69 Å². The Kier molecular flexibility index (Phi) is 5.23. The maximum atomic E-state index is 12.5. The number of esters is 1. The van der Waals surface area contributed by atoms with Crippen molar-refractivity contribution in [3.05, 3.63) is 70.1 Å². The van der Waals surface area contributed by atoms with Crippen molar-refractivity contribution in [2.45, 2.75) is 6.92 Å². The van der Waals surface area contributed by atoms with Crippen LogP contribution in [0.2, 0.25) is 0 Å². The van der Waals surface area contributed by atoms with Gasteiger partial charge in [0.15, 0.2) is 5.17 Å². The predicted molar refractivity (Wildman–Crippen MR) is 104 cm³/mol. The fourth-order valence-corrected chi connectivity index (χ4v) is 3.42. The third-order valence-corrected chi connectivity index (χ3v) is 5.05. The SMILES string of the molecule is COC(=O)c1ccc(N=C2SC(=Cc3ccccc3C)C(=O)N2C)cc1. The summed E-state index contributed by atoms with van der Waals surface area (Å²) in [6.07, 6.45) is 1.89. The first-order chi connectivity index (χ1) is 12.5. The van der Waals surface area contributed by atoms with E-state index in [1.807, 2.05) is 37.3 Å². The molecule has 132 valence electrons. The van der Waals surface area contributed by atoms with E-state index in [4.69, 9.17) is 0 Å². The number of benzene rings is 2. The molecule has 1 heterocycles. The van der Waals surface area contributed by atoms with E-state index in [1.54, 1.807) is 31.3 Å². The van der Waals surface area contributed by atoms with Crippen molar-refractivity contribution >= 4 is 40.6 Å². The van der Waals surface area contributed by atoms with Gasteiger partial charge in [-0.05, 0) is 60.2 Å². The normalized spacial score (nSPS) is 17.2. The van der Waals surface area contributed by atoms with Crippen molar-refractivity contribution < 1.29 is 14.3 Å². The largest absolute Gasteiger partial charge is 0.465 e. The number of carbonyl (C=O) groups excluding carboxylic acids is 2. The highest BCUT2D eigenvalue weighted by Gasteiger charge is 2.30. The van der Waals surface area contributed by atoms with Gasteiger partial charge in [0.1, 0.15) is 0 Å². The van der Waals surface area contributed by atoms with Gasteiger partial charge in [-0.25, -0.2) is 9.79 Å². The number of carbonyl (C=O) groups is 2. The van der Waals surface area contributed by atoms with Crippen LogP contribution < -0.4 is 0 Å². The summed E-state index contributed by atoms with van der Waals surface area (Å²) < 4.78 is 4.68. The van der Waals surface area contributed by atoms with E-state index in [2.05, 4.69) is 9.73 Å². The van der Waals surface area contributed by atoms with Crippen LogP contribution in [0.5, 0.6) is 0 Å². The van der Waals surface area contributed by atoms with Crippen molar-refractivity contribution in [2.24, 2.45) is 4.99 Å². The second-order valence-corrected chi connectivity index (χ2v) is 6.77. The molecular weight excluding hydrogens is 348 g/mol. The van der Waals surface area contributed by atoms with Crippen LogP contribution in [0.1, 0.15) is 21.5 Å². The average molecular weight is 366 g/mol. The lowest BCUT2D eigenvalue weighted by atomic mass is 10.1. The predicted octanol–water partition coefficient (Wildman–Crippen LogP) is 4.02. The van der Waals surface area contributed by atoms with Crippen molar-refractivity contribution in [1.29, 1.82) is 0 Å². The molecule has 0 spiro atoms. The fraction of sp³-hybridized carbons (Fsp3) is 0.150. The van der Waals surface area contributed by atoms with Crippen LogP contribution >= 0.6 is 11.8 Å².